The third-order valence-electron chi connectivity index (χ3n) is 6.70. The minimum absolute atomic E-state index is 0.144. The molecule has 2 aromatic carbocycles. The summed E-state index contributed by atoms with van der Waals surface area (Å²) in [5, 5.41) is 10.8. The Balaban J connectivity index is 1.54. The standard InChI is InChI=1S/C27H22ClFN6O3/c28-17-3-5-22-19(14-17)20(23(36)7-8-24(37)38)15-35(22)27-31-25(33-10-1-2-11-33)30-26(32-27)34-12-9-16-13-18(29)4-6-21(16)34/h3-6,9,12-15H,1-2,7-8,10-11H2,(H,37,38). The summed E-state index contributed by atoms with van der Waals surface area (Å²) < 4.78 is 17.3. The number of hydrogen-bond donors (Lipinski definition) is 1. The van der Waals surface area contributed by atoms with Gasteiger partial charge in [-0.3, -0.25) is 18.7 Å². The predicted molar refractivity (Wildman–Crippen MR) is 141 cm³/mol. The number of aromatic nitrogens is 5. The highest BCUT2D eigenvalue weighted by atomic mass is 35.5. The number of hydrogen-bond acceptors (Lipinski definition) is 6. The van der Waals surface area contributed by atoms with Crippen molar-refractivity contribution in [3.8, 4) is 11.9 Å². The number of benzene rings is 2. The van der Waals surface area contributed by atoms with E-state index in [0.29, 0.717) is 44.7 Å². The van der Waals surface area contributed by atoms with E-state index in [1.165, 1.54) is 12.1 Å². The number of carbonyl (C=O) groups is 2. The molecule has 3 aromatic heterocycles. The van der Waals surface area contributed by atoms with E-state index in [0.717, 1.165) is 31.4 Å². The predicted octanol–water partition coefficient (Wildman–Crippen LogP) is 5.20. The molecule has 0 amide bonds. The van der Waals surface area contributed by atoms with E-state index < -0.39 is 5.97 Å². The van der Waals surface area contributed by atoms with Crippen molar-refractivity contribution in [1.82, 2.24) is 24.1 Å². The molecule has 0 atom stereocenters. The van der Waals surface area contributed by atoms with Crippen LogP contribution in [0.1, 0.15) is 36.0 Å². The molecule has 0 aliphatic carbocycles. The van der Waals surface area contributed by atoms with E-state index in [4.69, 9.17) is 31.7 Å². The first-order valence-corrected chi connectivity index (χ1v) is 12.6. The number of fused-ring (bicyclic) bond motifs is 2. The molecule has 9 nitrogen and oxygen atoms in total. The van der Waals surface area contributed by atoms with Gasteiger partial charge in [-0.05, 0) is 55.3 Å². The molecular formula is C27H22ClFN6O3. The van der Waals surface area contributed by atoms with Gasteiger partial charge in [0.2, 0.25) is 17.8 Å². The highest BCUT2D eigenvalue weighted by molar-refractivity contribution is 6.31. The Hall–Kier alpha value is -4.31. The van der Waals surface area contributed by atoms with Crippen LogP contribution in [0.2, 0.25) is 5.02 Å². The molecule has 0 bridgehead atoms. The first kappa shape index (κ1) is 24.1. The Morgan fingerprint density at radius 2 is 1.61 bits per heavy atom. The smallest absolute Gasteiger partial charge is 0.303 e. The van der Waals surface area contributed by atoms with Crippen LogP contribution in [-0.2, 0) is 4.79 Å². The largest absolute Gasteiger partial charge is 0.481 e. The van der Waals surface area contributed by atoms with Gasteiger partial charge in [0.25, 0.3) is 0 Å². The number of carboxylic acids is 1. The van der Waals surface area contributed by atoms with E-state index in [2.05, 4.69) is 4.90 Å². The van der Waals surface area contributed by atoms with Crippen LogP contribution in [-0.4, -0.2) is 54.0 Å². The van der Waals surface area contributed by atoms with Crippen LogP contribution in [0.5, 0.6) is 0 Å². The van der Waals surface area contributed by atoms with E-state index in [9.17, 15) is 14.0 Å². The SMILES string of the molecule is O=C(O)CCC(=O)c1cn(-c2nc(N3CCCC3)nc(-n3ccc4cc(F)ccc43)n2)c2ccc(Cl)cc12. The summed E-state index contributed by atoms with van der Waals surface area (Å²) in [7, 11) is 0. The van der Waals surface area contributed by atoms with Crippen molar-refractivity contribution >= 4 is 51.1 Å². The number of nitrogens with zero attached hydrogens (tertiary/aromatic N) is 6. The van der Waals surface area contributed by atoms with Gasteiger partial charge in [0.05, 0.1) is 17.5 Å². The molecule has 1 aliphatic rings. The minimum Gasteiger partial charge on any atom is -0.481 e. The zero-order valence-corrected chi connectivity index (χ0v) is 20.9. The molecule has 192 valence electrons. The maximum atomic E-state index is 13.8. The summed E-state index contributed by atoms with van der Waals surface area (Å²) in [4.78, 5) is 40.4. The lowest BCUT2D eigenvalue weighted by Gasteiger charge is -2.17. The molecule has 38 heavy (non-hydrogen) atoms. The van der Waals surface area contributed by atoms with E-state index >= 15 is 0 Å². The lowest BCUT2D eigenvalue weighted by atomic mass is 10.1. The quantitative estimate of drug-likeness (QED) is 0.287. The molecule has 1 fully saturated rings. The molecular weight excluding hydrogens is 511 g/mol. The topological polar surface area (TPSA) is 106 Å². The Morgan fingerprint density at radius 3 is 2.37 bits per heavy atom. The number of anilines is 1. The van der Waals surface area contributed by atoms with Gasteiger partial charge in [-0.2, -0.15) is 15.0 Å². The van der Waals surface area contributed by atoms with Crippen LogP contribution in [0.15, 0.2) is 54.9 Å². The van der Waals surface area contributed by atoms with Gasteiger partial charge in [0.15, 0.2) is 5.78 Å². The number of carboxylic acid groups (broad SMARTS) is 1. The normalized spacial score (nSPS) is 13.6. The zero-order chi connectivity index (χ0) is 26.4. The third-order valence-corrected chi connectivity index (χ3v) is 6.94. The van der Waals surface area contributed by atoms with Gasteiger partial charge < -0.3 is 10.0 Å². The summed E-state index contributed by atoms with van der Waals surface area (Å²) in [6.45, 7) is 1.61. The van der Waals surface area contributed by atoms with Crippen LogP contribution < -0.4 is 4.90 Å². The van der Waals surface area contributed by atoms with Gasteiger partial charge in [-0.25, -0.2) is 4.39 Å². The molecule has 1 aliphatic heterocycles. The Morgan fingerprint density at radius 1 is 0.895 bits per heavy atom. The van der Waals surface area contributed by atoms with Crippen LogP contribution in [0.3, 0.4) is 0 Å². The summed E-state index contributed by atoms with van der Waals surface area (Å²) in [5.41, 5.74) is 1.73. The van der Waals surface area contributed by atoms with Crippen molar-refractivity contribution in [2.75, 3.05) is 18.0 Å². The Labute approximate surface area is 221 Å². The van der Waals surface area contributed by atoms with Crippen LogP contribution in [0.4, 0.5) is 10.3 Å². The molecule has 0 spiro atoms. The van der Waals surface area contributed by atoms with Crippen LogP contribution in [0.25, 0.3) is 33.7 Å². The van der Waals surface area contributed by atoms with Crippen LogP contribution in [0, 0.1) is 5.82 Å². The molecule has 6 rings (SSSR count). The second kappa shape index (κ2) is 9.53. The second-order valence-electron chi connectivity index (χ2n) is 9.21. The summed E-state index contributed by atoms with van der Waals surface area (Å²) >= 11 is 6.26. The van der Waals surface area contributed by atoms with Crippen molar-refractivity contribution < 1.29 is 19.1 Å². The van der Waals surface area contributed by atoms with Crippen molar-refractivity contribution in [2.45, 2.75) is 25.7 Å². The molecule has 0 unspecified atom stereocenters. The van der Waals surface area contributed by atoms with Crippen molar-refractivity contribution in [2.24, 2.45) is 0 Å². The van der Waals surface area contributed by atoms with Crippen molar-refractivity contribution in [3.05, 3.63) is 71.3 Å². The number of halogens is 2. The number of ketones is 1. The molecule has 1 saturated heterocycles. The molecule has 0 radical (unpaired) electrons. The van der Waals surface area contributed by atoms with Gasteiger partial charge in [0, 0.05) is 53.3 Å². The maximum absolute atomic E-state index is 13.8. The second-order valence-corrected chi connectivity index (χ2v) is 9.65. The molecule has 1 N–H and O–H groups in total. The monoisotopic (exact) mass is 532 g/mol. The number of Topliss-reactive ketones (excluding diaryl/α,β-unsaturated/α-hetero) is 1. The summed E-state index contributed by atoms with van der Waals surface area (Å²) in [5.74, 6) is -0.538. The lowest BCUT2D eigenvalue weighted by Crippen LogP contribution is -2.23. The van der Waals surface area contributed by atoms with Gasteiger partial charge in [0.1, 0.15) is 5.82 Å². The van der Waals surface area contributed by atoms with Gasteiger partial charge in [-0.15, -0.1) is 0 Å². The number of rotatable bonds is 7. The Bertz CT molecular complexity index is 1720. The lowest BCUT2D eigenvalue weighted by molar-refractivity contribution is -0.136. The fourth-order valence-corrected chi connectivity index (χ4v) is 5.02. The minimum atomic E-state index is -1.05. The van der Waals surface area contributed by atoms with Crippen molar-refractivity contribution in [3.63, 3.8) is 0 Å². The maximum Gasteiger partial charge on any atom is 0.303 e. The molecule has 5 aromatic rings. The highest BCUT2D eigenvalue weighted by Gasteiger charge is 2.22. The van der Waals surface area contributed by atoms with Gasteiger partial charge >= 0.3 is 5.97 Å². The van der Waals surface area contributed by atoms with Crippen molar-refractivity contribution in [1.29, 1.82) is 0 Å². The molecule has 0 saturated carbocycles. The fraction of sp³-hybridized carbons (Fsp3) is 0.222. The first-order chi connectivity index (χ1) is 18.4. The molecule has 4 heterocycles. The zero-order valence-electron chi connectivity index (χ0n) is 20.1. The number of aliphatic carboxylic acids is 1. The fourth-order valence-electron chi connectivity index (χ4n) is 4.85. The van der Waals surface area contributed by atoms with Gasteiger partial charge in [-0.1, -0.05) is 11.6 Å². The third kappa shape index (κ3) is 4.37. The number of carbonyl (C=O) groups excluding carboxylic acids is 1. The summed E-state index contributed by atoms with van der Waals surface area (Å²) in [6, 6.07) is 11.5. The average molecular weight is 533 g/mol. The van der Waals surface area contributed by atoms with E-state index in [-0.39, 0.29) is 24.4 Å². The summed E-state index contributed by atoms with van der Waals surface area (Å²) in [6.07, 6.45) is 5.04. The first-order valence-electron chi connectivity index (χ1n) is 12.2. The molecule has 11 heteroatoms. The van der Waals surface area contributed by atoms with E-state index in [1.54, 1.807) is 51.9 Å². The van der Waals surface area contributed by atoms with Crippen LogP contribution >= 0.6 is 11.6 Å². The average Bonchev–Trinajstić information content (AvgIpc) is 3.65. The Kier molecular flexibility index (Phi) is 6.03. The highest BCUT2D eigenvalue weighted by Crippen LogP contribution is 2.30. The van der Waals surface area contributed by atoms with E-state index in [1.807, 2.05) is 0 Å².